The van der Waals surface area contributed by atoms with Crippen molar-refractivity contribution in [1.82, 2.24) is 14.5 Å². The molecule has 2 aromatic heterocycles. The van der Waals surface area contributed by atoms with E-state index >= 15 is 0 Å². The van der Waals surface area contributed by atoms with Gasteiger partial charge in [0.15, 0.2) is 0 Å². The van der Waals surface area contributed by atoms with Gasteiger partial charge in [0, 0.05) is 62.7 Å². The number of carbonyl (C=O) groups is 1. The van der Waals surface area contributed by atoms with Gasteiger partial charge in [-0.15, -0.1) is 0 Å². The monoisotopic (exact) mass is 424 g/mol. The van der Waals surface area contributed by atoms with Gasteiger partial charge in [-0.25, -0.2) is 14.2 Å². The van der Waals surface area contributed by atoms with Crippen LogP contribution in [0.3, 0.4) is 0 Å². The quantitative estimate of drug-likeness (QED) is 0.564. The molecule has 31 heavy (non-hydrogen) atoms. The number of ether oxygens (including phenoxy) is 1. The first-order valence-corrected chi connectivity index (χ1v) is 10.6. The number of alkyl halides is 1. The highest BCUT2D eigenvalue weighted by Gasteiger charge is 2.25. The number of fused-ring (bicyclic) bond motifs is 1. The number of hydrogen-bond donors (Lipinski definition) is 0. The van der Waals surface area contributed by atoms with Crippen LogP contribution in [0, 0.1) is 0 Å². The Morgan fingerprint density at radius 3 is 2.45 bits per heavy atom. The number of halogens is 1. The fraction of sp³-hybridized carbons (Fsp3) is 0.417. The second-order valence-electron chi connectivity index (χ2n) is 8.68. The molecule has 6 nitrogen and oxygen atoms in total. The van der Waals surface area contributed by atoms with Gasteiger partial charge in [0.2, 0.25) is 0 Å². The average molecular weight is 425 g/mol. The second kappa shape index (κ2) is 8.67. The molecule has 0 atom stereocenters. The number of esters is 1. The lowest BCUT2D eigenvalue weighted by atomic mass is 10.1. The van der Waals surface area contributed by atoms with E-state index in [0.29, 0.717) is 18.7 Å². The number of rotatable bonds is 6. The van der Waals surface area contributed by atoms with E-state index in [1.807, 2.05) is 18.3 Å². The number of piperazine rings is 1. The van der Waals surface area contributed by atoms with Crippen molar-refractivity contribution in [3.05, 3.63) is 59.9 Å². The molecule has 0 spiro atoms. The molecule has 1 fully saturated rings. The molecule has 3 heterocycles. The summed E-state index contributed by atoms with van der Waals surface area (Å²) in [5.74, 6) is -0.334. The van der Waals surface area contributed by atoms with Gasteiger partial charge in [-0.1, -0.05) is 12.1 Å². The fourth-order valence-electron chi connectivity index (χ4n) is 4.22. The maximum Gasteiger partial charge on any atom is 0.337 e. The molecule has 0 bridgehead atoms. The molecule has 0 saturated carbocycles. The summed E-state index contributed by atoms with van der Waals surface area (Å²) < 4.78 is 20.9. The van der Waals surface area contributed by atoms with Gasteiger partial charge in [-0.3, -0.25) is 4.90 Å². The Labute approximate surface area is 182 Å². The highest BCUT2D eigenvalue weighted by molar-refractivity contribution is 5.90. The number of carbonyl (C=O) groups excluding carboxylic acids is 1. The predicted octanol–water partition coefficient (Wildman–Crippen LogP) is 3.74. The smallest absolute Gasteiger partial charge is 0.337 e. The third-order valence-corrected chi connectivity index (χ3v) is 5.68. The summed E-state index contributed by atoms with van der Waals surface area (Å²) in [6.07, 6.45) is 3.91. The average Bonchev–Trinajstić information content (AvgIpc) is 3.16. The zero-order valence-corrected chi connectivity index (χ0v) is 18.3. The van der Waals surface area contributed by atoms with Crippen molar-refractivity contribution in [2.75, 3.05) is 44.7 Å². The van der Waals surface area contributed by atoms with Gasteiger partial charge in [0.05, 0.1) is 12.7 Å². The summed E-state index contributed by atoms with van der Waals surface area (Å²) in [4.78, 5) is 20.8. The first kappa shape index (κ1) is 21.3. The minimum atomic E-state index is -1.17. The topological polar surface area (TPSA) is 50.6 Å². The van der Waals surface area contributed by atoms with Crippen molar-refractivity contribution in [2.24, 2.45) is 0 Å². The van der Waals surface area contributed by atoms with E-state index in [-0.39, 0.29) is 5.97 Å². The predicted molar refractivity (Wildman–Crippen MR) is 120 cm³/mol. The minimum Gasteiger partial charge on any atom is -0.465 e. The van der Waals surface area contributed by atoms with Crippen LogP contribution in [-0.2, 0) is 11.3 Å². The Hall–Kier alpha value is -2.93. The van der Waals surface area contributed by atoms with Gasteiger partial charge in [0.1, 0.15) is 11.3 Å². The van der Waals surface area contributed by atoms with Crippen LogP contribution in [0.1, 0.15) is 29.8 Å². The van der Waals surface area contributed by atoms with Gasteiger partial charge in [0.25, 0.3) is 0 Å². The number of aromatic nitrogens is 2. The number of benzene rings is 1. The van der Waals surface area contributed by atoms with E-state index in [4.69, 9.17) is 4.74 Å². The molecule has 1 aliphatic heterocycles. The van der Waals surface area contributed by atoms with Crippen LogP contribution < -0.4 is 4.90 Å². The van der Waals surface area contributed by atoms with Crippen LogP contribution in [0.15, 0.2) is 48.8 Å². The molecular formula is C24H29FN4O2. The Balaban J connectivity index is 1.49. The van der Waals surface area contributed by atoms with E-state index in [1.54, 1.807) is 26.0 Å². The van der Waals surface area contributed by atoms with Crippen molar-refractivity contribution >= 4 is 22.7 Å². The normalized spacial score (nSPS) is 15.4. The zero-order valence-electron chi connectivity index (χ0n) is 18.3. The molecule has 3 aromatic rings. The van der Waals surface area contributed by atoms with Crippen molar-refractivity contribution in [2.45, 2.75) is 26.1 Å². The van der Waals surface area contributed by atoms with Crippen molar-refractivity contribution in [3.8, 4) is 0 Å². The largest absolute Gasteiger partial charge is 0.465 e. The van der Waals surface area contributed by atoms with E-state index in [1.165, 1.54) is 12.8 Å². The van der Waals surface area contributed by atoms with E-state index in [0.717, 1.165) is 42.8 Å². The first-order chi connectivity index (χ1) is 14.8. The summed E-state index contributed by atoms with van der Waals surface area (Å²) in [5.41, 5.74) is 2.56. The third-order valence-electron chi connectivity index (χ3n) is 5.68. The molecular weight excluding hydrogens is 395 g/mol. The van der Waals surface area contributed by atoms with Crippen LogP contribution in [0.5, 0.6) is 0 Å². The third kappa shape index (κ3) is 4.88. The number of methoxy groups -OCH3 is 1. The molecule has 0 unspecified atom stereocenters. The zero-order chi connectivity index (χ0) is 22.0. The fourth-order valence-corrected chi connectivity index (χ4v) is 4.22. The molecule has 164 valence electrons. The second-order valence-corrected chi connectivity index (χ2v) is 8.68. The Morgan fingerprint density at radius 2 is 1.81 bits per heavy atom. The molecule has 0 aliphatic carbocycles. The van der Waals surface area contributed by atoms with Crippen LogP contribution in [0.2, 0.25) is 0 Å². The number of nitrogens with zero attached hydrogens (tertiary/aromatic N) is 4. The molecule has 1 aliphatic rings. The summed E-state index contributed by atoms with van der Waals surface area (Å²) in [6.45, 7) is 7.85. The molecule has 1 aromatic carbocycles. The lowest BCUT2D eigenvalue weighted by Gasteiger charge is -2.38. The van der Waals surface area contributed by atoms with Crippen molar-refractivity contribution in [1.29, 1.82) is 0 Å². The van der Waals surface area contributed by atoms with E-state index < -0.39 is 5.67 Å². The van der Waals surface area contributed by atoms with Gasteiger partial charge < -0.3 is 14.2 Å². The van der Waals surface area contributed by atoms with Crippen molar-refractivity contribution < 1.29 is 13.9 Å². The molecule has 0 N–H and O–H groups in total. The molecule has 7 heteroatoms. The highest BCUT2D eigenvalue weighted by atomic mass is 19.1. The maximum atomic E-state index is 14.0. The SMILES string of the molecule is COC(=O)c1ccc(Cn2ccc3c(N4CCN(CC(C)(C)F)CC4)ccnc32)cc1. The van der Waals surface area contributed by atoms with Crippen molar-refractivity contribution in [3.63, 3.8) is 0 Å². The maximum absolute atomic E-state index is 14.0. The lowest BCUT2D eigenvalue weighted by Crippen LogP contribution is -2.49. The summed E-state index contributed by atoms with van der Waals surface area (Å²) in [5, 5.41) is 1.12. The molecule has 1 saturated heterocycles. The molecule has 0 amide bonds. The number of hydrogen-bond acceptors (Lipinski definition) is 5. The Morgan fingerprint density at radius 1 is 1.10 bits per heavy atom. The van der Waals surface area contributed by atoms with Gasteiger partial charge in [-0.2, -0.15) is 0 Å². The highest BCUT2D eigenvalue weighted by Crippen LogP contribution is 2.28. The number of anilines is 1. The van der Waals surface area contributed by atoms with E-state index in [2.05, 4.69) is 37.7 Å². The van der Waals surface area contributed by atoms with Crippen LogP contribution in [0.4, 0.5) is 10.1 Å². The number of pyridine rings is 1. The minimum absolute atomic E-state index is 0.334. The van der Waals surface area contributed by atoms with Gasteiger partial charge >= 0.3 is 5.97 Å². The van der Waals surface area contributed by atoms with Gasteiger partial charge in [-0.05, 0) is 43.7 Å². The summed E-state index contributed by atoms with van der Waals surface area (Å²) >= 11 is 0. The standard InChI is InChI=1S/C24H29FN4O2/c1-24(2,25)17-27-12-14-28(15-13-27)21-8-10-26-22-20(21)9-11-29(22)16-18-4-6-19(7-5-18)23(30)31-3/h4-11H,12-17H2,1-3H3. The Kier molecular flexibility index (Phi) is 5.96. The van der Waals surface area contributed by atoms with Crippen LogP contribution >= 0.6 is 0 Å². The van der Waals surface area contributed by atoms with Crippen LogP contribution in [-0.4, -0.2) is 65.9 Å². The summed E-state index contributed by atoms with van der Waals surface area (Å²) in [7, 11) is 1.38. The van der Waals surface area contributed by atoms with Crippen LogP contribution in [0.25, 0.3) is 11.0 Å². The lowest BCUT2D eigenvalue weighted by molar-refractivity contribution is 0.0600. The molecule has 0 radical (unpaired) electrons. The first-order valence-electron chi connectivity index (χ1n) is 10.6. The summed E-state index contributed by atoms with van der Waals surface area (Å²) in [6, 6.07) is 11.6. The van der Waals surface area contributed by atoms with E-state index in [9.17, 15) is 9.18 Å². The Bertz CT molecular complexity index is 1050. The molecule has 4 rings (SSSR count).